The number of hydrogen-bond donors (Lipinski definition) is 1. The van der Waals surface area contributed by atoms with Crippen LogP contribution in [0.25, 0.3) is 0 Å². The zero-order valence-electron chi connectivity index (χ0n) is 19.2. The summed E-state index contributed by atoms with van der Waals surface area (Å²) < 4.78 is 70.0. The number of hydrogen-bond acceptors (Lipinski definition) is 8. The van der Waals surface area contributed by atoms with Crippen molar-refractivity contribution in [3.05, 3.63) is 48.0 Å². The second kappa shape index (κ2) is 10.6. The molecule has 2 fully saturated rings. The van der Waals surface area contributed by atoms with Gasteiger partial charge in [-0.2, -0.15) is 8.61 Å². The van der Waals surface area contributed by atoms with Crippen LogP contribution in [0.2, 0.25) is 0 Å². The Morgan fingerprint density at radius 3 is 1.80 bits per heavy atom. The van der Waals surface area contributed by atoms with Crippen molar-refractivity contribution in [2.75, 3.05) is 65.0 Å². The molecular formula is C22H27N3O8S2. The molecular weight excluding hydrogens is 498 g/mol. The predicted octanol–water partition coefficient (Wildman–Crippen LogP) is 0.989. The van der Waals surface area contributed by atoms with E-state index in [4.69, 9.17) is 14.2 Å². The molecule has 0 aromatic heterocycles. The van der Waals surface area contributed by atoms with E-state index in [1.54, 1.807) is 0 Å². The highest BCUT2D eigenvalue weighted by atomic mass is 32.2. The summed E-state index contributed by atoms with van der Waals surface area (Å²) in [7, 11) is -6.09. The lowest BCUT2D eigenvalue weighted by Gasteiger charge is -2.26. The van der Waals surface area contributed by atoms with Crippen LogP contribution in [0, 0.1) is 0 Å². The average molecular weight is 526 g/mol. The highest BCUT2D eigenvalue weighted by Gasteiger charge is 2.29. The molecule has 4 rings (SSSR count). The lowest BCUT2D eigenvalue weighted by atomic mass is 10.2. The van der Waals surface area contributed by atoms with E-state index in [9.17, 15) is 21.6 Å². The SMILES string of the molecule is COc1ccc(S(=O)(=O)N2CCOCC2)cc1C(=O)Nc1ccc(S(=O)(=O)N2CCOCC2)cc1. The minimum atomic E-state index is -3.81. The maximum Gasteiger partial charge on any atom is 0.259 e. The van der Waals surface area contributed by atoms with E-state index in [0.717, 1.165) is 0 Å². The first-order chi connectivity index (χ1) is 16.7. The van der Waals surface area contributed by atoms with Gasteiger partial charge >= 0.3 is 0 Å². The highest BCUT2D eigenvalue weighted by Crippen LogP contribution is 2.27. The van der Waals surface area contributed by atoms with Crippen LogP contribution < -0.4 is 10.1 Å². The minimum absolute atomic E-state index is 0.0303. The summed E-state index contributed by atoms with van der Waals surface area (Å²) in [6.45, 7) is 2.32. The van der Waals surface area contributed by atoms with Gasteiger partial charge in [0, 0.05) is 31.9 Å². The van der Waals surface area contributed by atoms with Crippen LogP contribution in [0.3, 0.4) is 0 Å². The van der Waals surface area contributed by atoms with Gasteiger partial charge in [0.1, 0.15) is 5.75 Å². The molecule has 11 nitrogen and oxygen atoms in total. The van der Waals surface area contributed by atoms with Crippen molar-refractivity contribution in [1.82, 2.24) is 8.61 Å². The standard InChI is InChI=1S/C22H27N3O8S2/c1-31-21-7-6-19(35(29,30)25-10-14-33-15-11-25)16-20(21)22(26)23-17-2-4-18(5-3-17)34(27,28)24-8-12-32-13-9-24/h2-7,16H,8-15H2,1H3,(H,23,26). The third kappa shape index (κ3) is 5.50. The molecule has 190 valence electrons. The molecule has 0 aliphatic carbocycles. The van der Waals surface area contributed by atoms with E-state index in [-0.39, 0.29) is 47.3 Å². The van der Waals surface area contributed by atoms with Gasteiger partial charge in [-0.1, -0.05) is 0 Å². The number of ether oxygens (including phenoxy) is 3. The maximum atomic E-state index is 13.0. The Balaban J connectivity index is 1.54. The van der Waals surface area contributed by atoms with Gasteiger partial charge in [-0.25, -0.2) is 16.8 Å². The Bertz CT molecular complexity index is 1270. The first-order valence-corrected chi connectivity index (χ1v) is 13.9. The number of nitrogens with one attached hydrogen (secondary N) is 1. The number of carbonyl (C=O) groups excluding carboxylic acids is 1. The molecule has 0 spiro atoms. The van der Waals surface area contributed by atoms with Crippen molar-refractivity contribution >= 4 is 31.6 Å². The van der Waals surface area contributed by atoms with Crippen LogP contribution in [0.15, 0.2) is 52.3 Å². The Labute approximate surface area is 204 Å². The molecule has 0 saturated carbocycles. The minimum Gasteiger partial charge on any atom is -0.496 e. The molecule has 0 bridgehead atoms. The van der Waals surface area contributed by atoms with Gasteiger partial charge < -0.3 is 19.5 Å². The average Bonchev–Trinajstić information content (AvgIpc) is 2.89. The van der Waals surface area contributed by atoms with E-state index in [0.29, 0.717) is 32.1 Å². The quantitative estimate of drug-likeness (QED) is 0.566. The molecule has 1 N–H and O–H groups in total. The van der Waals surface area contributed by atoms with Crippen molar-refractivity contribution in [1.29, 1.82) is 0 Å². The molecule has 2 saturated heterocycles. The van der Waals surface area contributed by atoms with Gasteiger partial charge in [-0.15, -0.1) is 0 Å². The number of sulfonamides is 2. The lowest BCUT2D eigenvalue weighted by molar-refractivity contribution is 0.0730. The zero-order valence-corrected chi connectivity index (χ0v) is 20.8. The molecule has 0 unspecified atom stereocenters. The number of nitrogens with zero attached hydrogens (tertiary/aromatic N) is 2. The lowest BCUT2D eigenvalue weighted by Crippen LogP contribution is -2.40. The Hall–Kier alpha value is -2.55. The summed E-state index contributed by atoms with van der Waals surface area (Å²) in [5.74, 6) is -0.389. The number of benzene rings is 2. The van der Waals surface area contributed by atoms with Crippen molar-refractivity contribution < 1.29 is 35.8 Å². The van der Waals surface area contributed by atoms with E-state index in [1.165, 1.54) is 58.2 Å². The Kier molecular flexibility index (Phi) is 7.73. The molecule has 35 heavy (non-hydrogen) atoms. The smallest absolute Gasteiger partial charge is 0.259 e. The largest absolute Gasteiger partial charge is 0.496 e. The van der Waals surface area contributed by atoms with Gasteiger partial charge in [0.05, 0.1) is 48.9 Å². The molecule has 2 aliphatic rings. The van der Waals surface area contributed by atoms with Crippen LogP contribution in [-0.2, 0) is 29.5 Å². The van der Waals surface area contributed by atoms with E-state index in [1.807, 2.05) is 0 Å². The van der Waals surface area contributed by atoms with Crippen LogP contribution in [0.4, 0.5) is 5.69 Å². The number of methoxy groups -OCH3 is 1. The second-order valence-electron chi connectivity index (χ2n) is 7.87. The number of amides is 1. The van der Waals surface area contributed by atoms with Crippen molar-refractivity contribution in [2.24, 2.45) is 0 Å². The van der Waals surface area contributed by atoms with Gasteiger partial charge in [-0.05, 0) is 42.5 Å². The molecule has 2 aliphatic heterocycles. The number of morpholine rings is 2. The summed E-state index contributed by atoms with van der Waals surface area (Å²) >= 11 is 0. The molecule has 0 radical (unpaired) electrons. The van der Waals surface area contributed by atoms with E-state index >= 15 is 0 Å². The summed E-state index contributed by atoms with van der Waals surface area (Å²) in [5, 5.41) is 2.67. The van der Waals surface area contributed by atoms with E-state index < -0.39 is 26.0 Å². The van der Waals surface area contributed by atoms with Crippen molar-refractivity contribution in [3.8, 4) is 5.75 Å². The van der Waals surface area contributed by atoms with Gasteiger partial charge in [0.15, 0.2) is 0 Å². The maximum absolute atomic E-state index is 13.0. The van der Waals surface area contributed by atoms with Crippen LogP contribution >= 0.6 is 0 Å². The summed E-state index contributed by atoms with van der Waals surface area (Å²) in [5.41, 5.74) is 0.381. The van der Waals surface area contributed by atoms with Crippen LogP contribution in [0.5, 0.6) is 5.75 Å². The van der Waals surface area contributed by atoms with E-state index in [2.05, 4.69) is 5.32 Å². The predicted molar refractivity (Wildman–Crippen MR) is 127 cm³/mol. The third-order valence-corrected chi connectivity index (χ3v) is 9.55. The number of carbonyl (C=O) groups is 1. The molecule has 2 aromatic carbocycles. The van der Waals surface area contributed by atoms with Crippen molar-refractivity contribution in [3.63, 3.8) is 0 Å². The van der Waals surface area contributed by atoms with Gasteiger partial charge in [0.25, 0.3) is 5.91 Å². The highest BCUT2D eigenvalue weighted by molar-refractivity contribution is 7.89. The monoisotopic (exact) mass is 525 g/mol. The fourth-order valence-corrected chi connectivity index (χ4v) is 6.65. The molecule has 0 atom stereocenters. The Morgan fingerprint density at radius 1 is 0.800 bits per heavy atom. The van der Waals surface area contributed by atoms with Crippen LogP contribution in [-0.4, -0.2) is 91.1 Å². The first-order valence-electron chi connectivity index (χ1n) is 11.0. The summed E-state index contributed by atoms with van der Waals surface area (Å²) in [6, 6.07) is 9.88. The molecule has 13 heteroatoms. The molecule has 2 heterocycles. The molecule has 1 amide bonds. The number of rotatable bonds is 7. The number of anilines is 1. The normalized spacial score (nSPS) is 18.2. The summed E-state index contributed by atoms with van der Waals surface area (Å²) in [6.07, 6.45) is 0. The fourth-order valence-electron chi connectivity index (χ4n) is 3.81. The van der Waals surface area contributed by atoms with Crippen LogP contribution in [0.1, 0.15) is 10.4 Å². The Morgan fingerprint density at radius 2 is 1.29 bits per heavy atom. The zero-order chi connectivity index (χ0) is 25.1. The van der Waals surface area contributed by atoms with Gasteiger partial charge in [0.2, 0.25) is 20.0 Å². The summed E-state index contributed by atoms with van der Waals surface area (Å²) in [4.78, 5) is 13.1. The van der Waals surface area contributed by atoms with Gasteiger partial charge in [-0.3, -0.25) is 4.79 Å². The van der Waals surface area contributed by atoms with Crippen molar-refractivity contribution in [2.45, 2.75) is 9.79 Å². The topological polar surface area (TPSA) is 132 Å². The second-order valence-corrected chi connectivity index (χ2v) is 11.7. The molecule has 2 aromatic rings. The first kappa shape index (κ1) is 25.5. The third-order valence-electron chi connectivity index (χ3n) is 5.74. The fraction of sp³-hybridized carbons (Fsp3) is 0.409.